The molecule has 1 unspecified atom stereocenters. The summed E-state index contributed by atoms with van der Waals surface area (Å²) in [4.78, 5) is 4.01. The second-order valence-corrected chi connectivity index (χ2v) is 4.56. The lowest BCUT2D eigenvalue weighted by Gasteiger charge is -2.13. The fourth-order valence-corrected chi connectivity index (χ4v) is 2.19. The monoisotopic (exact) mass is 265 g/mol. The van der Waals surface area contributed by atoms with Crippen LogP contribution in [0.15, 0.2) is 67.1 Å². The van der Waals surface area contributed by atoms with Crippen molar-refractivity contribution in [1.82, 2.24) is 14.8 Å². The zero-order valence-electron chi connectivity index (χ0n) is 10.9. The van der Waals surface area contributed by atoms with Crippen LogP contribution in [-0.4, -0.2) is 19.9 Å². The first-order valence-electron chi connectivity index (χ1n) is 6.50. The number of aliphatic hydroxyl groups excluding tert-OH is 1. The third-order valence-electron chi connectivity index (χ3n) is 3.22. The first kappa shape index (κ1) is 12.6. The van der Waals surface area contributed by atoms with Gasteiger partial charge in [-0.05, 0) is 23.8 Å². The number of benzene rings is 1. The highest BCUT2D eigenvalue weighted by atomic mass is 16.3. The van der Waals surface area contributed by atoms with Crippen molar-refractivity contribution in [2.75, 3.05) is 0 Å². The molecular weight excluding hydrogens is 250 g/mol. The van der Waals surface area contributed by atoms with Gasteiger partial charge in [0.25, 0.3) is 0 Å². The topological polar surface area (TPSA) is 50.9 Å². The highest BCUT2D eigenvalue weighted by molar-refractivity contribution is 5.58. The summed E-state index contributed by atoms with van der Waals surface area (Å²) in [6.45, 7) is 0.425. The number of hydrogen-bond donors (Lipinski definition) is 1. The molecule has 4 nitrogen and oxygen atoms in total. The van der Waals surface area contributed by atoms with Gasteiger partial charge in [-0.3, -0.25) is 9.67 Å². The molecule has 1 aromatic carbocycles. The third-order valence-corrected chi connectivity index (χ3v) is 3.22. The number of nitrogens with zero attached hydrogens (tertiary/aromatic N) is 3. The van der Waals surface area contributed by atoms with Crippen molar-refractivity contribution < 1.29 is 5.11 Å². The number of rotatable bonds is 4. The van der Waals surface area contributed by atoms with Crippen LogP contribution in [0.3, 0.4) is 0 Å². The molecule has 2 heterocycles. The Morgan fingerprint density at radius 1 is 0.950 bits per heavy atom. The fraction of sp³-hybridized carbons (Fsp3) is 0.125. The molecule has 1 N–H and O–H groups in total. The third kappa shape index (κ3) is 2.60. The van der Waals surface area contributed by atoms with E-state index in [9.17, 15) is 5.11 Å². The number of aromatic nitrogens is 3. The molecule has 0 aliphatic rings. The zero-order chi connectivity index (χ0) is 13.8. The van der Waals surface area contributed by atoms with Crippen molar-refractivity contribution in [1.29, 1.82) is 0 Å². The zero-order valence-corrected chi connectivity index (χ0v) is 10.9. The van der Waals surface area contributed by atoms with Gasteiger partial charge in [-0.25, -0.2) is 0 Å². The van der Waals surface area contributed by atoms with Gasteiger partial charge in [0.15, 0.2) is 0 Å². The van der Waals surface area contributed by atoms with E-state index in [0.29, 0.717) is 6.54 Å². The van der Waals surface area contributed by atoms with Gasteiger partial charge in [0.2, 0.25) is 0 Å². The van der Waals surface area contributed by atoms with E-state index in [2.05, 4.69) is 10.1 Å². The van der Waals surface area contributed by atoms with Crippen molar-refractivity contribution in [2.45, 2.75) is 12.6 Å². The van der Waals surface area contributed by atoms with Crippen LogP contribution in [0.1, 0.15) is 11.7 Å². The minimum atomic E-state index is -0.573. The van der Waals surface area contributed by atoms with Gasteiger partial charge in [0.05, 0.1) is 18.3 Å². The number of hydrogen-bond acceptors (Lipinski definition) is 3. The van der Waals surface area contributed by atoms with Gasteiger partial charge in [0, 0.05) is 24.2 Å². The molecule has 0 saturated heterocycles. The largest absolute Gasteiger partial charge is 0.386 e. The van der Waals surface area contributed by atoms with Gasteiger partial charge in [-0.2, -0.15) is 5.10 Å². The molecule has 100 valence electrons. The number of aliphatic hydroxyl groups is 1. The van der Waals surface area contributed by atoms with Crippen molar-refractivity contribution >= 4 is 0 Å². The van der Waals surface area contributed by atoms with E-state index in [1.165, 1.54) is 0 Å². The van der Waals surface area contributed by atoms with Crippen LogP contribution in [0.5, 0.6) is 0 Å². The molecule has 0 aliphatic carbocycles. The molecular formula is C16H15N3O. The molecule has 0 radical (unpaired) electrons. The maximum Gasteiger partial charge on any atom is 0.0986 e. The molecule has 0 fully saturated rings. The van der Waals surface area contributed by atoms with Crippen LogP contribution in [-0.2, 0) is 6.54 Å². The molecule has 0 spiro atoms. The van der Waals surface area contributed by atoms with E-state index < -0.39 is 6.10 Å². The van der Waals surface area contributed by atoms with Crippen LogP contribution in [0, 0.1) is 0 Å². The number of pyridine rings is 1. The molecule has 0 saturated carbocycles. The van der Waals surface area contributed by atoms with Crippen LogP contribution < -0.4 is 0 Å². The lowest BCUT2D eigenvalue weighted by atomic mass is 10.1. The molecule has 20 heavy (non-hydrogen) atoms. The Bertz CT molecular complexity index is 664. The standard InChI is InChI=1S/C16H15N3O/c20-16(14-4-2-1-3-5-14)12-19-15(8-11-18-19)13-6-9-17-10-7-13/h1-11,16,20H,12H2. The van der Waals surface area contributed by atoms with Crippen molar-refractivity contribution in [3.8, 4) is 11.3 Å². The molecule has 2 aromatic heterocycles. The van der Waals surface area contributed by atoms with Gasteiger partial charge in [0.1, 0.15) is 0 Å². The molecule has 0 amide bonds. The van der Waals surface area contributed by atoms with Gasteiger partial charge < -0.3 is 5.11 Å². The van der Waals surface area contributed by atoms with Crippen molar-refractivity contribution in [3.05, 3.63) is 72.7 Å². The lowest BCUT2D eigenvalue weighted by molar-refractivity contribution is 0.152. The second kappa shape index (κ2) is 5.67. The van der Waals surface area contributed by atoms with Gasteiger partial charge in [-0.1, -0.05) is 30.3 Å². The van der Waals surface area contributed by atoms with Crippen LogP contribution >= 0.6 is 0 Å². The Morgan fingerprint density at radius 3 is 2.45 bits per heavy atom. The quantitative estimate of drug-likeness (QED) is 0.789. The Morgan fingerprint density at radius 2 is 1.70 bits per heavy atom. The summed E-state index contributed by atoms with van der Waals surface area (Å²) in [6, 6.07) is 15.4. The maximum atomic E-state index is 10.3. The average Bonchev–Trinajstić information content (AvgIpc) is 2.97. The van der Waals surface area contributed by atoms with Crippen molar-refractivity contribution in [2.24, 2.45) is 0 Å². The first-order valence-corrected chi connectivity index (χ1v) is 6.50. The van der Waals surface area contributed by atoms with E-state index in [1.54, 1.807) is 18.6 Å². The van der Waals surface area contributed by atoms with Crippen LogP contribution in [0.2, 0.25) is 0 Å². The first-order chi connectivity index (χ1) is 9.84. The Balaban J connectivity index is 1.84. The molecule has 1 atom stereocenters. The van der Waals surface area contributed by atoms with Crippen LogP contribution in [0.4, 0.5) is 0 Å². The maximum absolute atomic E-state index is 10.3. The van der Waals surface area contributed by atoms with E-state index in [0.717, 1.165) is 16.8 Å². The predicted octanol–water partition coefficient (Wildman–Crippen LogP) is 2.68. The summed E-state index contributed by atoms with van der Waals surface area (Å²) >= 11 is 0. The van der Waals surface area contributed by atoms with E-state index in [-0.39, 0.29) is 0 Å². The molecule has 4 heteroatoms. The summed E-state index contributed by atoms with van der Waals surface area (Å²) < 4.78 is 1.81. The predicted molar refractivity (Wildman–Crippen MR) is 76.9 cm³/mol. The normalized spacial score (nSPS) is 12.2. The Hall–Kier alpha value is -2.46. The summed E-state index contributed by atoms with van der Waals surface area (Å²) in [7, 11) is 0. The summed E-state index contributed by atoms with van der Waals surface area (Å²) in [6.07, 6.45) is 4.67. The Labute approximate surface area is 117 Å². The molecule has 0 bridgehead atoms. The summed E-state index contributed by atoms with van der Waals surface area (Å²) in [5.74, 6) is 0. The highest BCUT2D eigenvalue weighted by Gasteiger charge is 2.11. The summed E-state index contributed by atoms with van der Waals surface area (Å²) in [5.41, 5.74) is 2.91. The fourth-order valence-electron chi connectivity index (χ4n) is 2.19. The SMILES string of the molecule is OC(Cn1nccc1-c1ccncc1)c1ccccc1. The van der Waals surface area contributed by atoms with Gasteiger partial charge >= 0.3 is 0 Å². The smallest absolute Gasteiger partial charge is 0.0986 e. The molecule has 3 aromatic rings. The molecule has 0 aliphatic heterocycles. The second-order valence-electron chi connectivity index (χ2n) is 4.56. The minimum absolute atomic E-state index is 0.425. The highest BCUT2D eigenvalue weighted by Crippen LogP contribution is 2.21. The summed E-state index contributed by atoms with van der Waals surface area (Å²) in [5, 5.41) is 14.6. The molecule has 3 rings (SSSR count). The van der Waals surface area contributed by atoms with Gasteiger partial charge in [-0.15, -0.1) is 0 Å². The van der Waals surface area contributed by atoms with E-state index in [1.807, 2.05) is 53.2 Å². The lowest BCUT2D eigenvalue weighted by Crippen LogP contribution is -2.11. The van der Waals surface area contributed by atoms with Crippen molar-refractivity contribution in [3.63, 3.8) is 0 Å². The van der Waals surface area contributed by atoms with Crippen LogP contribution in [0.25, 0.3) is 11.3 Å². The Kier molecular flexibility index (Phi) is 3.56. The van der Waals surface area contributed by atoms with E-state index in [4.69, 9.17) is 0 Å². The van der Waals surface area contributed by atoms with E-state index >= 15 is 0 Å². The minimum Gasteiger partial charge on any atom is -0.386 e. The average molecular weight is 265 g/mol.